The molecule has 0 aliphatic carbocycles. The van der Waals surface area contributed by atoms with Crippen LogP contribution in [-0.2, 0) is 4.74 Å². The highest BCUT2D eigenvalue weighted by molar-refractivity contribution is 6.33. The van der Waals surface area contributed by atoms with Crippen molar-refractivity contribution in [3.8, 4) is 0 Å². The number of halogens is 1. The minimum atomic E-state index is -0.558. The van der Waals surface area contributed by atoms with Gasteiger partial charge in [-0.25, -0.2) is 4.79 Å². The van der Waals surface area contributed by atoms with E-state index in [0.29, 0.717) is 22.6 Å². The highest BCUT2D eigenvalue weighted by Gasteiger charge is 2.20. The second-order valence-electron chi connectivity index (χ2n) is 4.86. The van der Waals surface area contributed by atoms with Gasteiger partial charge in [-0.15, -0.1) is 0 Å². The van der Waals surface area contributed by atoms with Crippen LogP contribution in [0.3, 0.4) is 0 Å². The van der Waals surface area contributed by atoms with Crippen LogP contribution in [0.1, 0.15) is 31.1 Å². The minimum absolute atomic E-state index is 0.304. The molecule has 0 N–H and O–H groups in total. The molecule has 1 aromatic rings. The van der Waals surface area contributed by atoms with Gasteiger partial charge in [-0.1, -0.05) is 11.6 Å². The van der Waals surface area contributed by atoms with Gasteiger partial charge in [-0.05, 0) is 39.0 Å². The van der Waals surface area contributed by atoms with Crippen LogP contribution >= 0.6 is 11.6 Å². The molecule has 0 fully saturated rings. The summed E-state index contributed by atoms with van der Waals surface area (Å²) in [7, 11) is 1.58. The fraction of sp³-hybridized carbons (Fsp3) is 0.385. The first-order valence-corrected chi connectivity index (χ1v) is 5.84. The monoisotopic (exact) mass is 269 g/mol. The van der Waals surface area contributed by atoms with E-state index in [-0.39, 0.29) is 0 Å². The average molecular weight is 270 g/mol. The predicted octanol–water partition coefficient (Wildman–Crippen LogP) is 3.52. The molecule has 0 heterocycles. The maximum Gasteiger partial charge on any atom is 0.414 e. The molecule has 4 nitrogen and oxygen atoms in total. The Morgan fingerprint density at radius 1 is 1.39 bits per heavy atom. The number of benzene rings is 1. The Kier molecular flexibility index (Phi) is 4.35. The molecule has 0 bridgehead atoms. The van der Waals surface area contributed by atoms with Gasteiger partial charge in [0.05, 0.1) is 5.02 Å². The largest absolute Gasteiger partial charge is 0.443 e. The van der Waals surface area contributed by atoms with Crippen molar-refractivity contribution < 1.29 is 14.3 Å². The Balaban J connectivity index is 2.90. The van der Waals surface area contributed by atoms with Crippen molar-refractivity contribution >= 4 is 29.7 Å². The molecule has 5 heteroatoms. The number of rotatable bonds is 2. The fourth-order valence-corrected chi connectivity index (χ4v) is 1.48. The van der Waals surface area contributed by atoms with E-state index < -0.39 is 11.7 Å². The molecule has 0 spiro atoms. The molecule has 0 unspecified atom stereocenters. The molecule has 0 saturated carbocycles. The van der Waals surface area contributed by atoms with E-state index in [1.54, 1.807) is 46.0 Å². The number of anilines is 1. The van der Waals surface area contributed by atoms with Crippen LogP contribution in [0.15, 0.2) is 18.2 Å². The topological polar surface area (TPSA) is 46.6 Å². The van der Waals surface area contributed by atoms with Crippen LogP contribution in [-0.4, -0.2) is 25.0 Å². The van der Waals surface area contributed by atoms with Crippen molar-refractivity contribution in [3.05, 3.63) is 28.8 Å². The second kappa shape index (κ2) is 5.40. The number of carbonyl (C=O) groups is 2. The minimum Gasteiger partial charge on any atom is -0.443 e. The summed E-state index contributed by atoms with van der Waals surface area (Å²) in [4.78, 5) is 23.8. The van der Waals surface area contributed by atoms with Gasteiger partial charge in [-0.2, -0.15) is 0 Å². The van der Waals surface area contributed by atoms with Crippen molar-refractivity contribution in [2.45, 2.75) is 26.4 Å². The second-order valence-corrected chi connectivity index (χ2v) is 5.27. The van der Waals surface area contributed by atoms with Gasteiger partial charge in [0, 0.05) is 18.3 Å². The van der Waals surface area contributed by atoms with Crippen LogP contribution in [0, 0.1) is 0 Å². The van der Waals surface area contributed by atoms with Crippen LogP contribution in [0.25, 0.3) is 0 Å². The third-order valence-electron chi connectivity index (χ3n) is 2.17. The van der Waals surface area contributed by atoms with Gasteiger partial charge in [0.2, 0.25) is 0 Å². The van der Waals surface area contributed by atoms with Gasteiger partial charge < -0.3 is 4.74 Å². The maximum atomic E-state index is 11.8. The molecule has 0 atom stereocenters. The first-order chi connectivity index (χ1) is 8.24. The maximum absolute atomic E-state index is 11.8. The molecule has 0 aromatic heterocycles. The van der Waals surface area contributed by atoms with Crippen molar-refractivity contribution in [3.63, 3.8) is 0 Å². The number of hydrogen-bond donors (Lipinski definition) is 0. The Morgan fingerprint density at radius 3 is 2.44 bits per heavy atom. The number of ether oxygens (including phenoxy) is 1. The normalized spacial score (nSPS) is 10.9. The Labute approximate surface area is 111 Å². The van der Waals surface area contributed by atoms with Gasteiger partial charge in [-0.3, -0.25) is 9.69 Å². The Morgan fingerprint density at radius 2 is 2.00 bits per heavy atom. The summed E-state index contributed by atoms with van der Waals surface area (Å²) < 4.78 is 5.22. The lowest BCUT2D eigenvalue weighted by atomic mass is 10.2. The zero-order valence-electron chi connectivity index (χ0n) is 10.9. The van der Waals surface area contributed by atoms with Crippen LogP contribution in [0.5, 0.6) is 0 Å². The number of hydrogen-bond acceptors (Lipinski definition) is 3. The molecule has 98 valence electrons. The van der Waals surface area contributed by atoms with Crippen molar-refractivity contribution in [2.24, 2.45) is 0 Å². The molecule has 1 aromatic carbocycles. The average Bonchev–Trinajstić information content (AvgIpc) is 2.25. The summed E-state index contributed by atoms with van der Waals surface area (Å²) in [6.07, 6.45) is 0.192. The summed E-state index contributed by atoms with van der Waals surface area (Å²) in [5.41, 5.74) is 0.399. The highest BCUT2D eigenvalue weighted by atomic mass is 35.5. The van der Waals surface area contributed by atoms with Gasteiger partial charge in [0.1, 0.15) is 5.60 Å². The zero-order chi connectivity index (χ0) is 13.9. The molecule has 18 heavy (non-hydrogen) atoms. The molecule has 1 rings (SSSR count). The van der Waals surface area contributed by atoms with Gasteiger partial charge in [0.25, 0.3) is 0 Å². The number of aldehydes is 1. The summed E-state index contributed by atoms with van der Waals surface area (Å²) in [6.45, 7) is 5.38. The van der Waals surface area contributed by atoms with Gasteiger partial charge in [0.15, 0.2) is 6.29 Å². The summed E-state index contributed by atoms with van der Waals surface area (Å²) >= 11 is 5.90. The Bertz CT molecular complexity index is 466. The quantitative estimate of drug-likeness (QED) is 0.772. The highest BCUT2D eigenvalue weighted by Crippen LogP contribution is 2.23. The first-order valence-electron chi connectivity index (χ1n) is 5.46. The lowest BCUT2D eigenvalue weighted by Crippen LogP contribution is -2.34. The van der Waals surface area contributed by atoms with E-state index in [1.165, 1.54) is 4.90 Å². The SMILES string of the molecule is CN(C(=O)OC(C)(C)C)c1ccc(C=O)c(Cl)c1. The van der Waals surface area contributed by atoms with Crippen molar-refractivity contribution in [2.75, 3.05) is 11.9 Å². The lowest BCUT2D eigenvalue weighted by Gasteiger charge is -2.24. The fourth-order valence-electron chi connectivity index (χ4n) is 1.26. The van der Waals surface area contributed by atoms with Gasteiger partial charge >= 0.3 is 6.09 Å². The standard InChI is InChI=1S/C13H16ClNO3/c1-13(2,3)18-12(17)15(4)10-6-5-9(8-16)11(14)7-10/h5-8H,1-4H3. The van der Waals surface area contributed by atoms with Crippen molar-refractivity contribution in [1.29, 1.82) is 0 Å². The summed E-state index contributed by atoms with van der Waals surface area (Å²) in [6, 6.07) is 4.75. The van der Waals surface area contributed by atoms with E-state index in [4.69, 9.17) is 16.3 Å². The van der Waals surface area contributed by atoms with Crippen molar-refractivity contribution in [1.82, 2.24) is 0 Å². The summed E-state index contributed by atoms with van der Waals surface area (Å²) in [5.74, 6) is 0. The predicted molar refractivity (Wildman–Crippen MR) is 71.5 cm³/mol. The van der Waals surface area contributed by atoms with E-state index >= 15 is 0 Å². The first kappa shape index (κ1) is 14.5. The number of nitrogens with zero attached hydrogens (tertiary/aromatic N) is 1. The van der Waals surface area contributed by atoms with Crippen LogP contribution in [0.2, 0.25) is 5.02 Å². The number of amides is 1. The third kappa shape index (κ3) is 3.74. The molecule has 0 radical (unpaired) electrons. The molecular formula is C13H16ClNO3. The molecular weight excluding hydrogens is 254 g/mol. The van der Waals surface area contributed by atoms with Crippen LogP contribution in [0.4, 0.5) is 10.5 Å². The van der Waals surface area contributed by atoms with Crippen LogP contribution < -0.4 is 4.90 Å². The van der Waals surface area contributed by atoms with E-state index in [2.05, 4.69) is 0 Å². The summed E-state index contributed by atoms with van der Waals surface area (Å²) in [5, 5.41) is 0.304. The molecule has 0 saturated heterocycles. The lowest BCUT2D eigenvalue weighted by molar-refractivity contribution is 0.0589. The smallest absolute Gasteiger partial charge is 0.414 e. The molecule has 0 aliphatic rings. The zero-order valence-corrected chi connectivity index (χ0v) is 11.6. The van der Waals surface area contributed by atoms with E-state index in [9.17, 15) is 9.59 Å². The van der Waals surface area contributed by atoms with E-state index in [0.717, 1.165) is 0 Å². The Hall–Kier alpha value is -1.55. The molecule has 0 aliphatic heterocycles. The number of carbonyl (C=O) groups excluding carboxylic acids is 2. The van der Waals surface area contributed by atoms with E-state index in [1.807, 2.05) is 0 Å². The molecule has 1 amide bonds. The third-order valence-corrected chi connectivity index (χ3v) is 2.49.